The standard InChI is InChI=1S/C9H12N2O4.C5H10O2.C2H6.CH4O/c12-5-6-1-2-8(15-6)11-4-3-7(13)10-9(11)14;6-5(7)3-1-2-4-5;2*1-2/h3-4,6,8,12H,1-2,5H2,(H,10,13,14);6-7H,1-4H2;1-2H3;2H,1H3. The van der Waals surface area contributed by atoms with E-state index >= 15 is 0 Å². The highest BCUT2D eigenvalue weighted by Crippen LogP contribution is 2.26. The van der Waals surface area contributed by atoms with Crippen LogP contribution in [-0.2, 0) is 4.74 Å². The van der Waals surface area contributed by atoms with E-state index in [1.54, 1.807) is 0 Å². The van der Waals surface area contributed by atoms with Crippen LogP contribution in [-0.4, -0.2) is 55.6 Å². The van der Waals surface area contributed by atoms with Gasteiger partial charge in [-0.3, -0.25) is 14.3 Å². The van der Waals surface area contributed by atoms with E-state index < -0.39 is 17.0 Å². The van der Waals surface area contributed by atoms with Crippen LogP contribution in [0, 0.1) is 0 Å². The number of aromatic nitrogens is 2. The van der Waals surface area contributed by atoms with Crippen LogP contribution in [0.4, 0.5) is 0 Å². The van der Waals surface area contributed by atoms with Crippen LogP contribution < -0.4 is 11.2 Å². The summed E-state index contributed by atoms with van der Waals surface area (Å²) < 4.78 is 6.74. The number of ether oxygens (including phenoxy) is 1. The fourth-order valence-corrected chi connectivity index (χ4v) is 2.62. The van der Waals surface area contributed by atoms with Crippen LogP contribution in [0.25, 0.3) is 0 Å². The molecule has 2 aliphatic rings. The second-order valence-electron chi connectivity index (χ2n) is 5.68. The predicted molar refractivity (Wildman–Crippen MR) is 96.7 cm³/mol. The van der Waals surface area contributed by atoms with Crippen molar-refractivity contribution < 1.29 is 25.2 Å². The third kappa shape index (κ3) is 8.24. The van der Waals surface area contributed by atoms with Gasteiger partial charge in [0.1, 0.15) is 6.23 Å². The number of aliphatic hydroxyl groups excluding tert-OH is 2. The van der Waals surface area contributed by atoms with Gasteiger partial charge in [0.25, 0.3) is 5.56 Å². The van der Waals surface area contributed by atoms with E-state index in [4.69, 9.17) is 25.2 Å². The van der Waals surface area contributed by atoms with Gasteiger partial charge in [0.15, 0.2) is 5.79 Å². The lowest BCUT2D eigenvalue weighted by molar-refractivity contribution is -0.152. The van der Waals surface area contributed by atoms with Gasteiger partial charge in [-0.2, -0.15) is 0 Å². The lowest BCUT2D eigenvalue weighted by Crippen LogP contribution is -2.31. The molecule has 1 aliphatic carbocycles. The van der Waals surface area contributed by atoms with Crippen LogP contribution >= 0.6 is 0 Å². The van der Waals surface area contributed by atoms with Crippen molar-refractivity contribution in [3.05, 3.63) is 33.1 Å². The smallest absolute Gasteiger partial charge is 0.330 e. The quantitative estimate of drug-likeness (QED) is 0.460. The molecule has 0 amide bonds. The first-order valence-electron chi connectivity index (χ1n) is 8.88. The maximum atomic E-state index is 11.4. The molecule has 2 heterocycles. The summed E-state index contributed by atoms with van der Waals surface area (Å²) in [5.74, 6) is -1.31. The van der Waals surface area contributed by atoms with Crippen LogP contribution in [0.1, 0.15) is 58.6 Å². The van der Waals surface area contributed by atoms with Crippen molar-refractivity contribution >= 4 is 0 Å². The molecule has 5 N–H and O–H groups in total. The van der Waals surface area contributed by atoms with Crippen molar-refractivity contribution in [2.75, 3.05) is 13.7 Å². The van der Waals surface area contributed by atoms with E-state index in [9.17, 15) is 9.59 Å². The Kier molecular flexibility index (Phi) is 12.0. The molecule has 9 heteroatoms. The van der Waals surface area contributed by atoms with Gasteiger partial charge in [0, 0.05) is 32.2 Å². The molecule has 2 atom stereocenters. The third-order valence-corrected chi connectivity index (χ3v) is 3.85. The van der Waals surface area contributed by atoms with E-state index in [2.05, 4.69) is 4.98 Å². The second-order valence-corrected chi connectivity index (χ2v) is 5.68. The van der Waals surface area contributed by atoms with E-state index in [-0.39, 0.29) is 18.9 Å². The molecule has 3 rings (SSSR count). The molecule has 1 aromatic heterocycles. The van der Waals surface area contributed by atoms with E-state index in [1.165, 1.54) is 16.8 Å². The summed E-state index contributed by atoms with van der Waals surface area (Å²) in [5, 5.41) is 33.4. The molecule has 26 heavy (non-hydrogen) atoms. The molecule has 2 unspecified atom stereocenters. The Bertz CT molecular complexity index is 589. The number of aromatic amines is 1. The normalized spacial score (nSPS) is 22.9. The third-order valence-electron chi connectivity index (χ3n) is 3.85. The van der Waals surface area contributed by atoms with Gasteiger partial charge in [-0.25, -0.2) is 4.79 Å². The predicted octanol–water partition coefficient (Wildman–Crippen LogP) is 0.0825. The fraction of sp³-hybridized carbons (Fsp3) is 0.765. The maximum Gasteiger partial charge on any atom is 0.330 e. The molecular formula is C17H32N2O7. The SMILES string of the molecule is CC.CO.O=c1ccn(C2CCC(CO)O2)c(=O)[nH]1.OC1(O)CCCC1. The minimum Gasteiger partial charge on any atom is -0.400 e. The first-order chi connectivity index (χ1) is 12.4. The average Bonchev–Trinajstić information content (AvgIpc) is 3.27. The summed E-state index contributed by atoms with van der Waals surface area (Å²) in [7, 11) is 1.00. The number of hydrogen-bond donors (Lipinski definition) is 5. The van der Waals surface area contributed by atoms with Gasteiger partial charge in [0.05, 0.1) is 12.7 Å². The van der Waals surface area contributed by atoms with Crippen molar-refractivity contribution in [3.8, 4) is 0 Å². The van der Waals surface area contributed by atoms with Crippen LogP contribution in [0.15, 0.2) is 21.9 Å². The van der Waals surface area contributed by atoms with Crippen LogP contribution in [0.3, 0.4) is 0 Å². The molecule has 0 aromatic carbocycles. The molecule has 0 bridgehead atoms. The summed E-state index contributed by atoms with van der Waals surface area (Å²) in [5.41, 5.74) is -0.904. The number of nitrogens with zero attached hydrogens (tertiary/aromatic N) is 1. The number of aliphatic hydroxyl groups is 4. The van der Waals surface area contributed by atoms with Gasteiger partial charge in [-0.15, -0.1) is 0 Å². The summed E-state index contributed by atoms with van der Waals surface area (Å²) in [6.07, 6.45) is 5.25. The molecule has 0 spiro atoms. The Morgan fingerprint density at radius 1 is 1.19 bits per heavy atom. The molecular weight excluding hydrogens is 344 g/mol. The highest BCUT2D eigenvalue weighted by atomic mass is 16.5. The zero-order chi connectivity index (χ0) is 20.2. The topological polar surface area (TPSA) is 145 Å². The first-order valence-corrected chi connectivity index (χ1v) is 8.88. The number of rotatable bonds is 2. The zero-order valence-electron chi connectivity index (χ0n) is 15.7. The Hall–Kier alpha value is -1.52. The van der Waals surface area contributed by atoms with Crippen molar-refractivity contribution in [2.24, 2.45) is 0 Å². The second kappa shape index (κ2) is 12.8. The largest absolute Gasteiger partial charge is 0.400 e. The summed E-state index contributed by atoms with van der Waals surface area (Å²) >= 11 is 0. The maximum absolute atomic E-state index is 11.4. The first kappa shape index (κ1) is 24.5. The molecule has 1 saturated heterocycles. The number of hydrogen-bond acceptors (Lipinski definition) is 7. The van der Waals surface area contributed by atoms with Gasteiger partial charge in [-0.05, 0) is 25.7 Å². The molecule has 2 fully saturated rings. The van der Waals surface area contributed by atoms with Crippen molar-refractivity contribution in [2.45, 2.75) is 70.5 Å². The summed E-state index contributed by atoms with van der Waals surface area (Å²) in [6.45, 7) is 3.95. The minimum atomic E-state index is -1.31. The minimum absolute atomic E-state index is 0.0470. The molecule has 1 aliphatic heterocycles. The molecule has 0 radical (unpaired) electrons. The lowest BCUT2D eigenvalue weighted by Gasteiger charge is -2.13. The monoisotopic (exact) mass is 376 g/mol. The lowest BCUT2D eigenvalue weighted by atomic mass is 10.2. The Morgan fingerprint density at radius 2 is 1.77 bits per heavy atom. The molecule has 1 saturated carbocycles. The van der Waals surface area contributed by atoms with Gasteiger partial charge in [0.2, 0.25) is 0 Å². The van der Waals surface area contributed by atoms with Gasteiger partial charge < -0.3 is 25.2 Å². The zero-order valence-corrected chi connectivity index (χ0v) is 15.7. The number of H-pyrrole nitrogens is 1. The Morgan fingerprint density at radius 3 is 2.15 bits per heavy atom. The van der Waals surface area contributed by atoms with Crippen LogP contribution in [0.5, 0.6) is 0 Å². The highest BCUT2D eigenvalue weighted by Gasteiger charge is 2.27. The van der Waals surface area contributed by atoms with Crippen molar-refractivity contribution in [1.29, 1.82) is 0 Å². The average molecular weight is 376 g/mol. The summed E-state index contributed by atoms with van der Waals surface area (Å²) in [4.78, 5) is 24.4. The number of nitrogens with one attached hydrogen (secondary N) is 1. The summed E-state index contributed by atoms with van der Waals surface area (Å²) in [6, 6.07) is 1.27. The van der Waals surface area contributed by atoms with Crippen molar-refractivity contribution in [3.63, 3.8) is 0 Å². The van der Waals surface area contributed by atoms with Crippen molar-refractivity contribution in [1.82, 2.24) is 9.55 Å². The molecule has 152 valence electrons. The molecule has 1 aromatic rings. The van der Waals surface area contributed by atoms with E-state index in [0.29, 0.717) is 25.7 Å². The highest BCUT2D eigenvalue weighted by molar-refractivity contribution is 4.85. The van der Waals surface area contributed by atoms with E-state index in [0.717, 1.165) is 20.0 Å². The fourth-order valence-electron chi connectivity index (χ4n) is 2.62. The Labute approximate surface area is 152 Å². The van der Waals surface area contributed by atoms with E-state index in [1.807, 2.05) is 13.8 Å². The van der Waals surface area contributed by atoms with Gasteiger partial charge >= 0.3 is 5.69 Å². The Balaban J connectivity index is 0.000000477. The molecule has 9 nitrogen and oxygen atoms in total. The van der Waals surface area contributed by atoms with Crippen LogP contribution in [0.2, 0.25) is 0 Å². The van der Waals surface area contributed by atoms with Gasteiger partial charge in [-0.1, -0.05) is 13.8 Å².